The summed E-state index contributed by atoms with van der Waals surface area (Å²) in [6.07, 6.45) is 1.69. The average molecular weight is 495 g/mol. The summed E-state index contributed by atoms with van der Waals surface area (Å²) < 4.78 is 35.3. The number of aromatic carboxylic acids is 1. The van der Waals surface area contributed by atoms with Crippen LogP contribution in [0.4, 0.5) is 8.78 Å². The smallest absolute Gasteiger partial charge is 0.354 e. The Morgan fingerprint density at radius 3 is 2.53 bits per heavy atom. The van der Waals surface area contributed by atoms with Crippen molar-refractivity contribution in [2.45, 2.75) is 26.5 Å². The molecule has 0 aliphatic heterocycles. The third-order valence-electron chi connectivity index (χ3n) is 5.50. The minimum Gasteiger partial charge on any atom is -0.485 e. The number of pyridine rings is 2. The third-order valence-corrected chi connectivity index (χ3v) is 5.50. The van der Waals surface area contributed by atoms with Gasteiger partial charge in [-0.25, -0.2) is 23.5 Å². The molecule has 0 bridgehead atoms. The number of aromatic nitrogens is 3. The lowest BCUT2D eigenvalue weighted by Gasteiger charge is -2.14. The maximum absolute atomic E-state index is 14.0. The van der Waals surface area contributed by atoms with E-state index < -0.39 is 29.6 Å². The molecule has 0 saturated carbocycles. The van der Waals surface area contributed by atoms with Gasteiger partial charge in [-0.2, -0.15) is 0 Å². The second-order valence-corrected chi connectivity index (χ2v) is 8.18. The minimum absolute atomic E-state index is 0.0106. The van der Waals surface area contributed by atoms with E-state index in [1.54, 1.807) is 36.6 Å². The quantitative estimate of drug-likeness (QED) is 0.342. The highest BCUT2D eigenvalue weighted by Gasteiger charge is 2.21. The molecule has 1 unspecified atom stereocenters. The Morgan fingerprint density at radius 1 is 1.14 bits per heavy atom. The van der Waals surface area contributed by atoms with E-state index in [1.807, 2.05) is 0 Å². The van der Waals surface area contributed by atoms with Gasteiger partial charge in [0.05, 0.1) is 23.0 Å². The first kappa shape index (κ1) is 24.7. The highest BCUT2D eigenvalue weighted by molar-refractivity contribution is 5.95. The van der Waals surface area contributed by atoms with Crippen molar-refractivity contribution in [3.05, 3.63) is 94.2 Å². The van der Waals surface area contributed by atoms with Gasteiger partial charge in [-0.15, -0.1) is 0 Å². The Balaban J connectivity index is 1.56. The molecule has 1 aromatic carbocycles. The number of carboxylic acid groups (broad SMARTS) is 1. The first-order valence-electron chi connectivity index (χ1n) is 10.9. The van der Waals surface area contributed by atoms with E-state index >= 15 is 0 Å². The molecule has 9 nitrogen and oxygen atoms in total. The van der Waals surface area contributed by atoms with Gasteiger partial charge in [0.25, 0.3) is 5.91 Å². The van der Waals surface area contributed by atoms with Gasteiger partial charge in [0.1, 0.15) is 29.6 Å². The third kappa shape index (κ3) is 5.01. The number of amides is 1. The first-order valence-corrected chi connectivity index (χ1v) is 10.9. The second kappa shape index (κ2) is 10.1. The summed E-state index contributed by atoms with van der Waals surface area (Å²) in [7, 11) is 0. The van der Waals surface area contributed by atoms with Crippen molar-refractivity contribution in [3.8, 4) is 5.75 Å². The first-order chi connectivity index (χ1) is 17.2. The number of fused-ring (bicyclic) bond motifs is 1. The number of imidazole rings is 1. The number of carbonyl (C=O) groups is 2. The van der Waals surface area contributed by atoms with Crippen molar-refractivity contribution in [1.29, 1.82) is 0 Å². The van der Waals surface area contributed by atoms with Crippen molar-refractivity contribution >= 4 is 17.5 Å². The molecular weight excluding hydrogens is 472 g/mol. The zero-order valence-electron chi connectivity index (χ0n) is 19.5. The summed E-state index contributed by atoms with van der Waals surface area (Å²) in [6.45, 7) is 3.06. The average Bonchev–Trinajstić information content (AvgIpc) is 3.17. The zero-order valence-corrected chi connectivity index (χ0v) is 19.5. The van der Waals surface area contributed by atoms with Crippen LogP contribution in [0.2, 0.25) is 0 Å². The zero-order chi connectivity index (χ0) is 26.0. The van der Waals surface area contributed by atoms with Gasteiger partial charge < -0.3 is 20.9 Å². The standard InChI is InChI=1S/C25H23F2N5O4/c1-13-9-21(36-12-15-16(26)5-3-6-17(15)27)23-30-14(2)22(32(23)11-13)24(33)29-10-18(28)19-7-4-8-20(31-19)25(34)35/h3-9,11,18H,10,12,28H2,1-2H3,(H,29,33)(H,34,35). The predicted molar refractivity (Wildman–Crippen MR) is 126 cm³/mol. The molecule has 0 aliphatic rings. The molecule has 1 atom stereocenters. The number of hydrogen-bond donors (Lipinski definition) is 3. The van der Waals surface area contributed by atoms with Crippen LogP contribution < -0.4 is 15.8 Å². The molecule has 1 amide bonds. The Morgan fingerprint density at radius 2 is 1.83 bits per heavy atom. The monoisotopic (exact) mass is 495 g/mol. The van der Waals surface area contributed by atoms with Crippen LogP contribution in [0.3, 0.4) is 0 Å². The number of nitrogens with two attached hydrogens (primary N) is 1. The van der Waals surface area contributed by atoms with Crippen LogP contribution in [0, 0.1) is 25.5 Å². The Hall–Kier alpha value is -4.38. The van der Waals surface area contributed by atoms with E-state index in [1.165, 1.54) is 18.2 Å². The lowest BCUT2D eigenvalue weighted by Crippen LogP contribution is -2.33. The minimum atomic E-state index is -1.18. The van der Waals surface area contributed by atoms with Crippen LogP contribution >= 0.6 is 0 Å². The summed E-state index contributed by atoms with van der Waals surface area (Å²) in [5.41, 5.74) is 7.73. The highest BCUT2D eigenvalue weighted by atomic mass is 19.1. The number of nitrogens with one attached hydrogen (secondary N) is 1. The van der Waals surface area contributed by atoms with E-state index in [0.29, 0.717) is 17.0 Å². The van der Waals surface area contributed by atoms with Gasteiger partial charge in [-0.3, -0.25) is 9.20 Å². The van der Waals surface area contributed by atoms with Gasteiger partial charge in [-0.05, 0) is 49.7 Å². The number of ether oxygens (including phenoxy) is 1. The number of nitrogens with zero attached hydrogens (tertiary/aromatic N) is 3. The van der Waals surface area contributed by atoms with Crippen LogP contribution in [0.5, 0.6) is 5.75 Å². The molecule has 4 aromatic rings. The van der Waals surface area contributed by atoms with Crippen LogP contribution in [0.1, 0.15) is 49.5 Å². The maximum atomic E-state index is 14.0. The lowest BCUT2D eigenvalue weighted by molar-refractivity contribution is 0.0689. The van der Waals surface area contributed by atoms with Gasteiger partial charge in [0.15, 0.2) is 11.4 Å². The Bertz CT molecular complexity index is 1450. The highest BCUT2D eigenvalue weighted by Crippen LogP contribution is 2.26. The van der Waals surface area contributed by atoms with E-state index in [9.17, 15) is 18.4 Å². The molecule has 0 fully saturated rings. The Labute approximate surface area is 204 Å². The van der Waals surface area contributed by atoms with Gasteiger partial charge >= 0.3 is 5.97 Å². The summed E-state index contributed by atoms with van der Waals surface area (Å²) in [5.74, 6) is -2.84. The van der Waals surface area contributed by atoms with E-state index in [2.05, 4.69) is 15.3 Å². The molecule has 3 heterocycles. The van der Waals surface area contributed by atoms with Crippen LogP contribution in [0.25, 0.3) is 5.65 Å². The summed E-state index contributed by atoms with van der Waals surface area (Å²) >= 11 is 0. The van der Waals surface area contributed by atoms with Crippen LogP contribution in [0.15, 0.2) is 48.7 Å². The molecule has 0 saturated heterocycles. The predicted octanol–water partition coefficient (Wildman–Crippen LogP) is 3.33. The topological polar surface area (TPSA) is 132 Å². The second-order valence-electron chi connectivity index (χ2n) is 8.18. The fourth-order valence-corrected chi connectivity index (χ4v) is 3.73. The van der Waals surface area contributed by atoms with Crippen molar-refractivity contribution in [1.82, 2.24) is 19.7 Å². The SMILES string of the molecule is Cc1cc(OCc2c(F)cccc2F)c2nc(C)c(C(=O)NCC(N)c3cccc(C(=O)O)n3)n2c1. The molecule has 11 heteroatoms. The van der Waals surface area contributed by atoms with Crippen LogP contribution in [-0.2, 0) is 6.61 Å². The van der Waals surface area contributed by atoms with E-state index in [0.717, 1.165) is 17.7 Å². The van der Waals surface area contributed by atoms with E-state index in [-0.39, 0.29) is 35.9 Å². The molecule has 0 aliphatic carbocycles. The molecule has 4 rings (SSSR count). The van der Waals surface area contributed by atoms with Gasteiger partial charge in [0.2, 0.25) is 0 Å². The van der Waals surface area contributed by atoms with Crippen molar-refractivity contribution in [2.24, 2.45) is 5.73 Å². The molecule has 0 spiro atoms. The largest absolute Gasteiger partial charge is 0.485 e. The lowest BCUT2D eigenvalue weighted by atomic mass is 10.2. The van der Waals surface area contributed by atoms with Crippen molar-refractivity contribution in [3.63, 3.8) is 0 Å². The van der Waals surface area contributed by atoms with E-state index in [4.69, 9.17) is 15.6 Å². The fraction of sp³-hybridized carbons (Fsp3) is 0.200. The number of carboxylic acids is 1. The van der Waals surface area contributed by atoms with Crippen molar-refractivity contribution in [2.75, 3.05) is 6.54 Å². The fourth-order valence-electron chi connectivity index (χ4n) is 3.73. The molecule has 4 N–H and O–H groups in total. The number of aryl methyl sites for hydroxylation is 2. The van der Waals surface area contributed by atoms with Crippen molar-refractivity contribution < 1.29 is 28.2 Å². The maximum Gasteiger partial charge on any atom is 0.354 e. The van der Waals surface area contributed by atoms with Gasteiger partial charge in [-0.1, -0.05) is 12.1 Å². The molecule has 3 aromatic heterocycles. The number of carbonyl (C=O) groups excluding carboxylic acids is 1. The molecule has 36 heavy (non-hydrogen) atoms. The number of benzene rings is 1. The summed E-state index contributed by atoms with van der Waals surface area (Å²) in [5, 5.41) is 11.8. The normalized spacial score (nSPS) is 11.9. The molecule has 0 radical (unpaired) electrons. The number of halogens is 2. The molecular formula is C25H23F2N5O4. The Kier molecular flexibility index (Phi) is 6.93. The number of hydrogen-bond acceptors (Lipinski definition) is 6. The molecule has 186 valence electrons. The van der Waals surface area contributed by atoms with Crippen LogP contribution in [-0.4, -0.2) is 37.9 Å². The number of rotatable bonds is 8. The summed E-state index contributed by atoms with van der Waals surface area (Å²) in [6, 6.07) is 8.94. The summed E-state index contributed by atoms with van der Waals surface area (Å²) in [4.78, 5) is 32.6. The van der Waals surface area contributed by atoms with Gasteiger partial charge in [0, 0.05) is 12.7 Å².